The van der Waals surface area contributed by atoms with Gasteiger partial charge in [0.2, 0.25) is 11.1 Å². The number of benzene rings is 2. The van der Waals surface area contributed by atoms with Crippen molar-refractivity contribution >= 4 is 23.4 Å². The van der Waals surface area contributed by atoms with Crippen molar-refractivity contribution in [2.45, 2.75) is 25.5 Å². The standard InChI is InChI=1S/C19H21N5OS/c1-14-7-6-10-17(11-14)23(12-16-8-4-3-5-9-16)18(25)13-26-19-22-21-15(2)24(19)20/h3-11H,12-13,20H2,1-2H3. The summed E-state index contributed by atoms with van der Waals surface area (Å²) in [7, 11) is 0. The summed E-state index contributed by atoms with van der Waals surface area (Å²) in [6.07, 6.45) is 0. The van der Waals surface area contributed by atoms with E-state index in [0.717, 1.165) is 16.8 Å². The molecule has 6 nitrogen and oxygen atoms in total. The van der Waals surface area contributed by atoms with Gasteiger partial charge in [0.25, 0.3) is 0 Å². The molecule has 1 amide bonds. The second-order valence-electron chi connectivity index (χ2n) is 5.99. The van der Waals surface area contributed by atoms with Crippen LogP contribution in [0.1, 0.15) is 17.0 Å². The van der Waals surface area contributed by atoms with Crippen molar-refractivity contribution in [3.8, 4) is 0 Å². The molecule has 0 saturated carbocycles. The SMILES string of the molecule is Cc1cccc(N(Cc2ccccc2)C(=O)CSc2nnc(C)n2N)c1. The maximum atomic E-state index is 13.0. The summed E-state index contributed by atoms with van der Waals surface area (Å²) in [4.78, 5) is 14.7. The normalized spacial score (nSPS) is 10.7. The average Bonchev–Trinajstić information content (AvgIpc) is 2.97. The minimum atomic E-state index is -0.00916. The lowest BCUT2D eigenvalue weighted by Crippen LogP contribution is -2.32. The Hall–Kier alpha value is -2.80. The molecule has 7 heteroatoms. The van der Waals surface area contributed by atoms with Crippen LogP contribution in [-0.2, 0) is 11.3 Å². The van der Waals surface area contributed by atoms with Gasteiger partial charge in [0, 0.05) is 5.69 Å². The highest BCUT2D eigenvalue weighted by Crippen LogP contribution is 2.22. The highest BCUT2D eigenvalue weighted by Gasteiger charge is 2.18. The number of nitrogens with two attached hydrogens (primary N) is 1. The largest absolute Gasteiger partial charge is 0.336 e. The molecule has 1 aromatic heterocycles. The molecule has 134 valence electrons. The van der Waals surface area contributed by atoms with E-state index in [1.54, 1.807) is 11.8 Å². The van der Waals surface area contributed by atoms with Gasteiger partial charge in [-0.3, -0.25) is 4.79 Å². The summed E-state index contributed by atoms with van der Waals surface area (Å²) < 4.78 is 1.39. The molecule has 1 heterocycles. The molecule has 0 aliphatic rings. The number of aromatic nitrogens is 3. The number of anilines is 1. The van der Waals surface area contributed by atoms with Gasteiger partial charge in [-0.1, -0.05) is 54.2 Å². The van der Waals surface area contributed by atoms with Crippen LogP contribution in [0.15, 0.2) is 59.8 Å². The van der Waals surface area contributed by atoms with E-state index >= 15 is 0 Å². The summed E-state index contributed by atoms with van der Waals surface area (Å²) in [6.45, 7) is 4.30. The van der Waals surface area contributed by atoms with E-state index in [9.17, 15) is 4.79 Å². The molecule has 0 unspecified atom stereocenters. The van der Waals surface area contributed by atoms with Crippen molar-refractivity contribution in [1.29, 1.82) is 0 Å². The van der Waals surface area contributed by atoms with E-state index in [4.69, 9.17) is 5.84 Å². The van der Waals surface area contributed by atoms with E-state index in [1.165, 1.54) is 16.4 Å². The smallest absolute Gasteiger partial charge is 0.237 e. The van der Waals surface area contributed by atoms with E-state index in [2.05, 4.69) is 10.2 Å². The molecule has 3 rings (SSSR count). The molecule has 2 aromatic carbocycles. The molecular formula is C19H21N5OS. The zero-order valence-corrected chi connectivity index (χ0v) is 15.6. The van der Waals surface area contributed by atoms with Crippen LogP contribution in [0, 0.1) is 13.8 Å². The summed E-state index contributed by atoms with van der Waals surface area (Å²) in [5.74, 6) is 6.70. The molecule has 3 aromatic rings. The quantitative estimate of drug-likeness (QED) is 0.535. The van der Waals surface area contributed by atoms with E-state index in [-0.39, 0.29) is 11.7 Å². The van der Waals surface area contributed by atoms with Gasteiger partial charge >= 0.3 is 0 Å². The number of carbonyl (C=O) groups is 1. The third-order valence-electron chi connectivity index (χ3n) is 3.96. The number of hydrogen-bond acceptors (Lipinski definition) is 5. The predicted octanol–water partition coefficient (Wildman–Crippen LogP) is 2.93. The van der Waals surface area contributed by atoms with Gasteiger partial charge in [0.15, 0.2) is 0 Å². The van der Waals surface area contributed by atoms with Crippen LogP contribution in [0.3, 0.4) is 0 Å². The van der Waals surface area contributed by atoms with Gasteiger partial charge in [0.1, 0.15) is 5.82 Å². The summed E-state index contributed by atoms with van der Waals surface area (Å²) in [6, 6.07) is 17.9. The maximum absolute atomic E-state index is 13.0. The van der Waals surface area contributed by atoms with Crippen molar-refractivity contribution in [3.63, 3.8) is 0 Å². The molecule has 0 bridgehead atoms. The molecule has 0 saturated heterocycles. The number of amides is 1. The number of aryl methyl sites for hydroxylation is 2. The topological polar surface area (TPSA) is 77.0 Å². The Morgan fingerprint density at radius 3 is 2.54 bits per heavy atom. The van der Waals surface area contributed by atoms with Crippen molar-refractivity contribution in [2.24, 2.45) is 0 Å². The highest BCUT2D eigenvalue weighted by atomic mass is 32.2. The average molecular weight is 367 g/mol. The summed E-state index contributed by atoms with van der Waals surface area (Å²) in [5, 5.41) is 8.44. The van der Waals surface area contributed by atoms with Crippen molar-refractivity contribution in [1.82, 2.24) is 14.9 Å². The zero-order chi connectivity index (χ0) is 18.5. The molecular weight excluding hydrogens is 346 g/mol. The Labute approximate surface area is 157 Å². The molecule has 0 aliphatic carbocycles. The minimum Gasteiger partial charge on any atom is -0.336 e. The molecule has 0 radical (unpaired) electrons. The third-order valence-corrected chi connectivity index (χ3v) is 4.89. The van der Waals surface area contributed by atoms with Gasteiger partial charge in [-0.15, -0.1) is 10.2 Å². The fourth-order valence-corrected chi connectivity index (χ4v) is 3.32. The number of nitrogen functional groups attached to an aromatic ring is 1. The maximum Gasteiger partial charge on any atom is 0.237 e. The van der Waals surface area contributed by atoms with Crippen LogP contribution in [0.25, 0.3) is 0 Å². The number of carbonyl (C=O) groups excluding carboxylic acids is 1. The molecule has 0 aliphatic heterocycles. The van der Waals surface area contributed by atoms with Gasteiger partial charge in [-0.05, 0) is 37.1 Å². The van der Waals surface area contributed by atoms with E-state index < -0.39 is 0 Å². The summed E-state index contributed by atoms with van der Waals surface area (Å²) in [5.41, 5.74) is 3.06. The van der Waals surface area contributed by atoms with Crippen molar-refractivity contribution in [2.75, 3.05) is 16.5 Å². The van der Waals surface area contributed by atoms with Crippen LogP contribution in [-0.4, -0.2) is 26.5 Å². The van der Waals surface area contributed by atoms with Gasteiger partial charge in [-0.25, -0.2) is 4.68 Å². The predicted molar refractivity (Wildman–Crippen MR) is 104 cm³/mol. The first-order valence-electron chi connectivity index (χ1n) is 8.25. The number of hydrogen-bond donors (Lipinski definition) is 1. The summed E-state index contributed by atoms with van der Waals surface area (Å²) >= 11 is 1.29. The van der Waals surface area contributed by atoms with E-state index in [0.29, 0.717) is 17.5 Å². The minimum absolute atomic E-state index is 0.00916. The Morgan fingerprint density at radius 2 is 1.88 bits per heavy atom. The number of rotatable bonds is 6. The first kappa shape index (κ1) is 18.0. The van der Waals surface area contributed by atoms with Crippen LogP contribution >= 0.6 is 11.8 Å². The highest BCUT2D eigenvalue weighted by molar-refractivity contribution is 7.99. The third kappa shape index (κ3) is 4.23. The van der Waals surface area contributed by atoms with Crippen molar-refractivity contribution in [3.05, 3.63) is 71.5 Å². The second-order valence-corrected chi connectivity index (χ2v) is 6.94. The molecule has 26 heavy (non-hydrogen) atoms. The molecule has 2 N–H and O–H groups in total. The Bertz CT molecular complexity index is 894. The lowest BCUT2D eigenvalue weighted by atomic mass is 10.1. The second kappa shape index (κ2) is 8.05. The number of nitrogens with zero attached hydrogens (tertiary/aromatic N) is 4. The lowest BCUT2D eigenvalue weighted by Gasteiger charge is -2.23. The van der Waals surface area contributed by atoms with Crippen LogP contribution in [0.4, 0.5) is 5.69 Å². The van der Waals surface area contributed by atoms with Gasteiger partial charge < -0.3 is 10.7 Å². The first-order valence-corrected chi connectivity index (χ1v) is 9.24. The first-order chi connectivity index (χ1) is 12.5. The Kier molecular flexibility index (Phi) is 5.58. The van der Waals surface area contributed by atoms with Crippen LogP contribution in [0.5, 0.6) is 0 Å². The Balaban J connectivity index is 1.80. The molecule has 0 spiro atoms. The fourth-order valence-electron chi connectivity index (χ4n) is 2.54. The monoisotopic (exact) mass is 367 g/mol. The lowest BCUT2D eigenvalue weighted by molar-refractivity contribution is -0.116. The van der Waals surface area contributed by atoms with Gasteiger partial charge in [-0.2, -0.15) is 0 Å². The zero-order valence-electron chi connectivity index (χ0n) is 14.8. The fraction of sp³-hybridized carbons (Fsp3) is 0.211. The van der Waals surface area contributed by atoms with Crippen molar-refractivity contribution < 1.29 is 4.79 Å². The Morgan fingerprint density at radius 1 is 1.12 bits per heavy atom. The van der Waals surface area contributed by atoms with Crippen LogP contribution < -0.4 is 10.7 Å². The molecule has 0 fully saturated rings. The van der Waals surface area contributed by atoms with Gasteiger partial charge in [0.05, 0.1) is 12.3 Å². The van der Waals surface area contributed by atoms with E-state index in [1.807, 2.05) is 61.5 Å². The van der Waals surface area contributed by atoms with Crippen LogP contribution in [0.2, 0.25) is 0 Å². The number of thioether (sulfide) groups is 1. The molecule has 0 atom stereocenters.